The summed E-state index contributed by atoms with van der Waals surface area (Å²) in [5, 5.41) is 13.0. The fourth-order valence-electron chi connectivity index (χ4n) is 1.94. The number of aromatic hydroxyl groups is 1. The average molecular weight is 221 g/mol. The molecule has 1 atom stereocenters. The van der Waals surface area contributed by atoms with E-state index in [1.165, 1.54) is 24.8 Å². The molecule has 16 heavy (non-hydrogen) atoms. The lowest BCUT2D eigenvalue weighted by molar-refractivity contribution is 0.464. The van der Waals surface area contributed by atoms with Crippen LogP contribution >= 0.6 is 0 Å². The number of nitrogens with one attached hydrogen (secondary N) is 1. The molecule has 0 spiro atoms. The number of rotatable bonds is 7. The molecule has 0 fully saturated rings. The summed E-state index contributed by atoms with van der Waals surface area (Å²) < 4.78 is 0. The first-order valence-electron chi connectivity index (χ1n) is 6.27. The number of hydrogen-bond donors (Lipinski definition) is 2. The van der Waals surface area contributed by atoms with E-state index in [9.17, 15) is 5.11 Å². The van der Waals surface area contributed by atoms with Crippen molar-refractivity contribution < 1.29 is 5.11 Å². The Morgan fingerprint density at radius 1 is 1.25 bits per heavy atom. The molecule has 0 aliphatic rings. The number of phenols is 1. The Bertz CT molecular complexity index is 299. The quantitative estimate of drug-likeness (QED) is 0.741. The highest BCUT2D eigenvalue weighted by atomic mass is 16.3. The SMILES string of the molecule is CCCNC(CCC)Cc1cccc(O)c1. The van der Waals surface area contributed by atoms with Gasteiger partial charge >= 0.3 is 0 Å². The maximum absolute atomic E-state index is 9.41. The largest absolute Gasteiger partial charge is 0.508 e. The molecule has 1 aromatic carbocycles. The van der Waals surface area contributed by atoms with Gasteiger partial charge in [-0.05, 0) is 43.5 Å². The smallest absolute Gasteiger partial charge is 0.115 e. The predicted octanol–water partition coefficient (Wildman–Crippen LogP) is 3.10. The van der Waals surface area contributed by atoms with Crippen LogP contribution in [0.2, 0.25) is 0 Å². The second kappa shape index (κ2) is 7.29. The third-order valence-corrected chi connectivity index (χ3v) is 2.71. The predicted molar refractivity (Wildman–Crippen MR) is 68.8 cm³/mol. The molecular formula is C14H23NO. The molecule has 1 rings (SSSR count). The zero-order valence-electron chi connectivity index (χ0n) is 10.4. The van der Waals surface area contributed by atoms with Crippen LogP contribution in [0.15, 0.2) is 24.3 Å². The van der Waals surface area contributed by atoms with Gasteiger partial charge in [-0.2, -0.15) is 0 Å². The van der Waals surface area contributed by atoms with Gasteiger partial charge in [-0.15, -0.1) is 0 Å². The molecule has 1 unspecified atom stereocenters. The first-order chi connectivity index (χ1) is 7.76. The van der Waals surface area contributed by atoms with Crippen LogP contribution in [0.5, 0.6) is 5.75 Å². The lowest BCUT2D eigenvalue weighted by atomic mass is 10.0. The minimum atomic E-state index is 0.364. The second-order valence-electron chi connectivity index (χ2n) is 4.31. The van der Waals surface area contributed by atoms with E-state index in [0.717, 1.165) is 13.0 Å². The molecule has 2 heteroatoms. The highest BCUT2D eigenvalue weighted by molar-refractivity contribution is 5.27. The van der Waals surface area contributed by atoms with E-state index in [0.29, 0.717) is 11.8 Å². The summed E-state index contributed by atoms with van der Waals surface area (Å²) in [6, 6.07) is 8.10. The molecule has 1 aromatic rings. The van der Waals surface area contributed by atoms with Gasteiger partial charge in [-0.3, -0.25) is 0 Å². The first kappa shape index (κ1) is 13.0. The molecule has 0 radical (unpaired) electrons. The van der Waals surface area contributed by atoms with Crippen LogP contribution < -0.4 is 5.32 Å². The zero-order chi connectivity index (χ0) is 11.8. The van der Waals surface area contributed by atoms with Crippen LogP contribution in [-0.2, 0) is 6.42 Å². The van der Waals surface area contributed by atoms with Crippen LogP contribution in [-0.4, -0.2) is 17.7 Å². The third kappa shape index (κ3) is 4.67. The summed E-state index contributed by atoms with van der Waals surface area (Å²) in [5.41, 5.74) is 1.21. The van der Waals surface area contributed by atoms with Crippen LogP contribution in [0.3, 0.4) is 0 Å². The van der Waals surface area contributed by atoms with E-state index in [-0.39, 0.29) is 0 Å². The van der Waals surface area contributed by atoms with Gasteiger partial charge in [-0.25, -0.2) is 0 Å². The van der Waals surface area contributed by atoms with Gasteiger partial charge in [0.25, 0.3) is 0 Å². The van der Waals surface area contributed by atoms with Crippen molar-refractivity contribution in [2.45, 2.75) is 45.6 Å². The number of hydrogen-bond acceptors (Lipinski definition) is 2. The zero-order valence-corrected chi connectivity index (χ0v) is 10.4. The van der Waals surface area contributed by atoms with Crippen LogP contribution in [0.25, 0.3) is 0 Å². The van der Waals surface area contributed by atoms with E-state index in [1.54, 1.807) is 6.07 Å². The fourth-order valence-corrected chi connectivity index (χ4v) is 1.94. The van der Waals surface area contributed by atoms with Gasteiger partial charge < -0.3 is 10.4 Å². The standard InChI is InChI=1S/C14H23NO/c1-3-6-13(15-9-4-2)10-12-7-5-8-14(16)11-12/h5,7-8,11,13,15-16H,3-4,6,9-10H2,1-2H3. The molecular weight excluding hydrogens is 198 g/mol. The monoisotopic (exact) mass is 221 g/mol. The summed E-state index contributed by atoms with van der Waals surface area (Å²) in [7, 11) is 0. The Balaban J connectivity index is 2.52. The van der Waals surface area contributed by atoms with E-state index in [4.69, 9.17) is 0 Å². The van der Waals surface area contributed by atoms with Gasteiger partial charge in [0.2, 0.25) is 0 Å². The van der Waals surface area contributed by atoms with E-state index >= 15 is 0 Å². The Hall–Kier alpha value is -1.02. The van der Waals surface area contributed by atoms with Gasteiger partial charge in [0.15, 0.2) is 0 Å². The molecule has 0 aliphatic heterocycles. The van der Waals surface area contributed by atoms with Gasteiger partial charge in [0.05, 0.1) is 0 Å². The van der Waals surface area contributed by atoms with Crippen molar-refractivity contribution in [1.82, 2.24) is 5.32 Å². The maximum atomic E-state index is 9.41. The van der Waals surface area contributed by atoms with Crippen molar-refractivity contribution in [3.05, 3.63) is 29.8 Å². The Kier molecular flexibility index (Phi) is 5.94. The molecule has 0 heterocycles. The molecule has 2 nitrogen and oxygen atoms in total. The topological polar surface area (TPSA) is 32.3 Å². The molecule has 0 aromatic heterocycles. The summed E-state index contributed by atoms with van der Waals surface area (Å²) >= 11 is 0. The van der Waals surface area contributed by atoms with Crippen molar-refractivity contribution in [2.24, 2.45) is 0 Å². The minimum absolute atomic E-state index is 0.364. The van der Waals surface area contributed by atoms with E-state index in [1.807, 2.05) is 12.1 Å². The third-order valence-electron chi connectivity index (χ3n) is 2.71. The van der Waals surface area contributed by atoms with Crippen molar-refractivity contribution in [3.8, 4) is 5.75 Å². The lowest BCUT2D eigenvalue weighted by Crippen LogP contribution is -2.31. The van der Waals surface area contributed by atoms with Crippen molar-refractivity contribution >= 4 is 0 Å². The lowest BCUT2D eigenvalue weighted by Gasteiger charge is -2.17. The maximum Gasteiger partial charge on any atom is 0.115 e. The summed E-state index contributed by atoms with van der Waals surface area (Å²) in [6.07, 6.45) is 4.55. The van der Waals surface area contributed by atoms with Crippen LogP contribution in [0.1, 0.15) is 38.7 Å². The van der Waals surface area contributed by atoms with Crippen molar-refractivity contribution in [1.29, 1.82) is 0 Å². The van der Waals surface area contributed by atoms with Crippen LogP contribution in [0.4, 0.5) is 0 Å². The molecule has 2 N–H and O–H groups in total. The Morgan fingerprint density at radius 2 is 2.06 bits per heavy atom. The highest BCUT2D eigenvalue weighted by Gasteiger charge is 2.07. The molecule has 0 aliphatic carbocycles. The van der Waals surface area contributed by atoms with Crippen molar-refractivity contribution in [2.75, 3.05) is 6.54 Å². The number of benzene rings is 1. The minimum Gasteiger partial charge on any atom is -0.508 e. The first-order valence-corrected chi connectivity index (χ1v) is 6.27. The van der Waals surface area contributed by atoms with E-state index < -0.39 is 0 Å². The molecule has 90 valence electrons. The van der Waals surface area contributed by atoms with Gasteiger partial charge in [0, 0.05) is 6.04 Å². The fraction of sp³-hybridized carbons (Fsp3) is 0.571. The van der Waals surface area contributed by atoms with E-state index in [2.05, 4.69) is 25.2 Å². The molecule has 0 saturated carbocycles. The van der Waals surface area contributed by atoms with Crippen LogP contribution in [0, 0.1) is 0 Å². The van der Waals surface area contributed by atoms with Gasteiger partial charge in [0.1, 0.15) is 5.75 Å². The van der Waals surface area contributed by atoms with Gasteiger partial charge in [-0.1, -0.05) is 32.4 Å². The summed E-state index contributed by atoms with van der Waals surface area (Å²) in [6.45, 7) is 5.47. The van der Waals surface area contributed by atoms with Crippen molar-refractivity contribution in [3.63, 3.8) is 0 Å². The molecule has 0 saturated heterocycles. The molecule has 0 amide bonds. The summed E-state index contributed by atoms with van der Waals surface area (Å²) in [4.78, 5) is 0. The number of phenolic OH excluding ortho intramolecular Hbond substituents is 1. The Labute approximate surface area is 98.7 Å². The average Bonchev–Trinajstić information content (AvgIpc) is 2.26. The molecule has 0 bridgehead atoms. The second-order valence-corrected chi connectivity index (χ2v) is 4.31. The normalized spacial score (nSPS) is 12.6. The highest BCUT2D eigenvalue weighted by Crippen LogP contribution is 2.14. The Morgan fingerprint density at radius 3 is 2.69 bits per heavy atom. The summed E-state index contributed by atoms with van der Waals surface area (Å²) in [5.74, 6) is 0.364.